The van der Waals surface area contributed by atoms with E-state index >= 15 is 0 Å². The van der Waals surface area contributed by atoms with Gasteiger partial charge in [-0.05, 0) is 66.9 Å². The molecule has 0 spiro atoms. The normalized spacial score (nSPS) is 17.1. The Balaban J connectivity index is 1.79. The van der Waals surface area contributed by atoms with Crippen LogP contribution in [0.4, 0.5) is 4.39 Å². The standard InChI is InChI=1S/C25H24FN3O3/c1-15-6-8-18(14-20(15)26)25(10-12-32-21-5-4-11-28-22(21)25)29-23(30)17-7-9-19(16(2)13-17)24(31)27-3/h4-9,11,13-14H,10,12H2,1-3H3,(H,27,31)(H,29,30)/t25-/m0/s1. The summed E-state index contributed by atoms with van der Waals surface area (Å²) in [6.07, 6.45) is 2.02. The Morgan fingerprint density at radius 3 is 2.59 bits per heavy atom. The zero-order valence-electron chi connectivity index (χ0n) is 18.2. The van der Waals surface area contributed by atoms with Gasteiger partial charge in [0.25, 0.3) is 11.8 Å². The number of rotatable bonds is 4. The van der Waals surface area contributed by atoms with Gasteiger partial charge in [-0.2, -0.15) is 0 Å². The molecule has 7 heteroatoms. The Morgan fingerprint density at radius 2 is 1.88 bits per heavy atom. The number of nitrogens with one attached hydrogen (secondary N) is 2. The first-order valence-electron chi connectivity index (χ1n) is 10.4. The van der Waals surface area contributed by atoms with Crippen molar-refractivity contribution in [1.82, 2.24) is 15.6 Å². The fraction of sp³-hybridized carbons (Fsp3) is 0.240. The number of carbonyl (C=O) groups is 2. The predicted octanol–water partition coefficient (Wildman–Crippen LogP) is 3.65. The number of amides is 2. The zero-order chi connectivity index (χ0) is 22.9. The van der Waals surface area contributed by atoms with Crippen molar-refractivity contribution in [3.63, 3.8) is 0 Å². The zero-order valence-corrected chi connectivity index (χ0v) is 18.2. The van der Waals surface area contributed by atoms with E-state index < -0.39 is 5.54 Å². The minimum atomic E-state index is -1.06. The number of aryl methyl sites for hydroxylation is 2. The summed E-state index contributed by atoms with van der Waals surface area (Å²) in [4.78, 5) is 29.9. The Kier molecular flexibility index (Phi) is 5.65. The molecular formula is C25H24FN3O3. The molecule has 2 amide bonds. The van der Waals surface area contributed by atoms with E-state index in [0.29, 0.717) is 52.3 Å². The van der Waals surface area contributed by atoms with E-state index in [-0.39, 0.29) is 17.6 Å². The van der Waals surface area contributed by atoms with Gasteiger partial charge in [0.15, 0.2) is 0 Å². The van der Waals surface area contributed by atoms with E-state index in [1.54, 1.807) is 63.5 Å². The number of pyridine rings is 1. The molecule has 0 fully saturated rings. The van der Waals surface area contributed by atoms with Crippen LogP contribution in [-0.4, -0.2) is 30.5 Å². The topological polar surface area (TPSA) is 80.3 Å². The van der Waals surface area contributed by atoms with Crippen molar-refractivity contribution in [2.75, 3.05) is 13.7 Å². The molecule has 0 aliphatic carbocycles. The molecule has 32 heavy (non-hydrogen) atoms. The van der Waals surface area contributed by atoms with Crippen LogP contribution in [0.2, 0.25) is 0 Å². The van der Waals surface area contributed by atoms with Crippen molar-refractivity contribution in [2.45, 2.75) is 25.8 Å². The van der Waals surface area contributed by atoms with Gasteiger partial charge >= 0.3 is 0 Å². The van der Waals surface area contributed by atoms with E-state index in [2.05, 4.69) is 15.6 Å². The summed E-state index contributed by atoms with van der Waals surface area (Å²) in [5.74, 6) is -0.378. The van der Waals surface area contributed by atoms with Gasteiger partial charge in [0.05, 0.1) is 6.61 Å². The Morgan fingerprint density at radius 1 is 1.06 bits per heavy atom. The highest BCUT2D eigenvalue weighted by molar-refractivity contribution is 5.99. The number of carbonyl (C=O) groups excluding carboxylic acids is 2. The van der Waals surface area contributed by atoms with Gasteiger partial charge < -0.3 is 15.4 Å². The molecule has 2 aromatic carbocycles. The highest BCUT2D eigenvalue weighted by Gasteiger charge is 2.42. The van der Waals surface area contributed by atoms with Gasteiger partial charge in [0, 0.05) is 30.8 Å². The lowest BCUT2D eigenvalue weighted by atomic mass is 9.80. The van der Waals surface area contributed by atoms with Gasteiger partial charge in [0.1, 0.15) is 22.8 Å². The maximum absolute atomic E-state index is 14.5. The molecule has 2 heterocycles. The first-order chi connectivity index (χ1) is 15.4. The average molecular weight is 433 g/mol. The molecule has 1 aliphatic heterocycles. The largest absolute Gasteiger partial charge is 0.491 e. The van der Waals surface area contributed by atoms with E-state index in [1.807, 2.05) is 6.07 Å². The fourth-order valence-corrected chi connectivity index (χ4v) is 4.05. The van der Waals surface area contributed by atoms with Crippen LogP contribution in [0.25, 0.3) is 0 Å². The number of benzene rings is 2. The number of hydrogen-bond donors (Lipinski definition) is 2. The molecule has 1 aromatic heterocycles. The molecule has 164 valence electrons. The number of hydrogen-bond acceptors (Lipinski definition) is 4. The van der Waals surface area contributed by atoms with Crippen LogP contribution in [-0.2, 0) is 5.54 Å². The second kappa shape index (κ2) is 8.42. The fourth-order valence-electron chi connectivity index (χ4n) is 4.05. The van der Waals surface area contributed by atoms with Gasteiger partial charge in [-0.3, -0.25) is 14.6 Å². The highest BCUT2D eigenvalue weighted by atomic mass is 19.1. The summed E-state index contributed by atoms with van der Waals surface area (Å²) in [5.41, 5.74) is 2.15. The highest BCUT2D eigenvalue weighted by Crippen LogP contribution is 2.41. The molecule has 3 aromatic rings. The molecule has 2 N–H and O–H groups in total. The summed E-state index contributed by atoms with van der Waals surface area (Å²) in [6, 6.07) is 13.4. The van der Waals surface area contributed by atoms with Crippen LogP contribution in [0, 0.1) is 19.7 Å². The number of fused-ring (bicyclic) bond motifs is 1. The minimum Gasteiger partial charge on any atom is -0.491 e. The third kappa shape index (κ3) is 3.70. The molecule has 6 nitrogen and oxygen atoms in total. The minimum absolute atomic E-state index is 0.219. The van der Waals surface area contributed by atoms with Crippen molar-refractivity contribution < 1.29 is 18.7 Å². The molecule has 0 radical (unpaired) electrons. The smallest absolute Gasteiger partial charge is 0.252 e. The molecular weight excluding hydrogens is 409 g/mol. The molecule has 0 saturated carbocycles. The van der Waals surface area contributed by atoms with Crippen LogP contribution in [0.1, 0.15) is 49.5 Å². The van der Waals surface area contributed by atoms with Gasteiger partial charge in [-0.25, -0.2) is 4.39 Å². The molecule has 4 rings (SSSR count). The Hall–Kier alpha value is -3.74. The lowest BCUT2D eigenvalue weighted by Crippen LogP contribution is -2.50. The lowest BCUT2D eigenvalue weighted by Gasteiger charge is -2.39. The summed E-state index contributed by atoms with van der Waals surface area (Å²) in [6.45, 7) is 3.80. The monoisotopic (exact) mass is 433 g/mol. The average Bonchev–Trinajstić information content (AvgIpc) is 2.80. The predicted molar refractivity (Wildman–Crippen MR) is 118 cm³/mol. The first-order valence-corrected chi connectivity index (χ1v) is 10.4. The van der Waals surface area contributed by atoms with Gasteiger partial charge in [-0.15, -0.1) is 0 Å². The van der Waals surface area contributed by atoms with Crippen LogP contribution >= 0.6 is 0 Å². The molecule has 0 unspecified atom stereocenters. The third-order valence-corrected chi connectivity index (χ3v) is 5.86. The summed E-state index contributed by atoms with van der Waals surface area (Å²) in [5, 5.41) is 5.70. The van der Waals surface area contributed by atoms with E-state index in [0.717, 1.165) is 0 Å². The second-order valence-electron chi connectivity index (χ2n) is 7.88. The molecule has 1 atom stereocenters. The van der Waals surface area contributed by atoms with Gasteiger partial charge in [0.2, 0.25) is 0 Å². The van der Waals surface area contributed by atoms with Crippen LogP contribution in [0.3, 0.4) is 0 Å². The number of ether oxygens (including phenoxy) is 1. The van der Waals surface area contributed by atoms with Crippen molar-refractivity contribution in [2.24, 2.45) is 0 Å². The van der Waals surface area contributed by atoms with E-state index in [4.69, 9.17) is 4.74 Å². The number of aromatic nitrogens is 1. The molecule has 1 aliphatic rings. The van der Waals surface area contributed by atoms with Crippen molar-refractivity contribution in [3.8, 4) is 5.75 Å². The quantitative estimate of drug-likeness (QED) is 0.658. The first kappa shape index (κ1) is 21.5. The second-order valence-corrected chi connectivity index (χ2v) is 7.88. The van der Waals surface area contributed by atoms with E-state index in [1.165, 1.54) is 6.07 Å². The molecule has 0 saturated heterocycles. The van der Waals surface area contributed by atoms with Crippen molar-refractivity contribution in [3.05, 3.63) is 94.1 Å². The van der Waals surface area contributed by atoms with Crippen LogP contribution in [0.5, 0.6) is 5.75 Å². The summed E-state index contributed by atoms with van der Waals surface area (Å²) >= 11 is 0. The summed E-state index contributed by atoms with van der Waals surface area (Å²) in [7, 11) is 1.56. The Bertz CT molecular complexity index is 1210. The number of halogens is 1. The maximum Gasteiger partial charge on any atom is 0.252 e. The van der Waals surface area contributed by atoms with Crippen molar-refractivity contribution >= 4 is 11.8 Å². The van der Waals surface area contributed by atoms with Crippen LogP contribution in [0.15, 0.2) is 54.7 Å². The van der Waals surface area contributed by atoms with Crippen molar-refractivity contribution in [1.29, 1.82) is 0 Å². The van der Waals surface area contributed by atoms with Gasteiger partial charge in [-0.1, -0.05) is 12.1 Å². The Labute approximate surface area is 185 Å². The molecule has 0 bridgehead atoms. The van der Waals surface area contributed by atoms with Crippen LogP contribution < -0.4 is 15.4 Å². The number of nitrogens with zero attached hydrogens (tertiary/aromatic N) is 1. The third-order valence-electron chi connectivity index (χ3n) is 5.86. The lowest BCUT2D eigenvalue weighted by molar-refractivity contribution is 0.0881. The SMILES string of the molecule is CNC(=O)c1ccc(C(=O)N[C@]2(c3ccc(C)c(F)c3)CCOc3cccnc32)cc1C. The maximum atomic E-state index is 14.5. The van der Waals surface area contributed by atoms with E-state index in [9.17, 15) is 14.0 Å². The summed E-state index contributed by atoms with van der Waals surface area (Å²) < 4.78 is 20.3.